The lowest BCUT2D eigenvalue weighted by Crippen LogP contribution is -2.15. The van der Waals surface area contributed by atoms with E-state index in [1.165, 1.54) is 6.07 Å². The summed E-state index contributed by atoms with van der Waals surface area (Å²) in [6.45, 7) is 0. The fourth-order valence-electron chi connectivity index (χ4n) is 1.59. The van der Waals surface area contributed by atoms with Gasteiger partial charge in [0, 0.05) is 4.47 Å². The Morgan fingerprint density at radius 1 is 1.19 bits per heavy atom. The second-order valence-electron chi connectivity index (χ2n) is 4.03. The van der Waals surface area contributed by atoms with E-state index in [4.69, 9.17) is 28.9 Å². The average molecular weight is 396 g/mol. The van der Waals surface area contributed by atoms with Crippen molar-refractivity contribution in [1.29, 1.82) is 0 Å². The number of nitrogens with one attached hydrogen (secondary N) is 1. The van der Waals surface area contributed by atoms with Crippen molar-refractivity contribution >= 4 is 56.4 Å². The third-order valence-electron chi connectivity index (χ3n) is 2.59. The molecule has 3 nitrogen and oxygen atoms in total. The molecule has 0 radical (unpaired) electrons. The van der Waals surface area contributed by atoms with Crippen molar-refractivity contribution in [2.75, 3.05) is 11.1 Å². The van der Waals surface area contributed by atoms with Gasteiger partial charge in [-0.3, -0.25) is 4.79 Å². The normalized spacial score (nSPS) is 10.5. The molecule has 2 rings (SSSR count). The fraction of sp³-hybridized carbons (Fsp3) is 0. The minimum absolute atomic E-state index is 0.0733. The number of hydrogen-bond donors (Lipinski definition) is 2. The molecule has 21 heavy (non-hydrogen) atoms. The molecule has 0 heterocycles. The predicted molar refractivity (Wildman–Crippen MR) is 82.9 cm³/mol. The number of nitrogens with two attached hydrogens (primary N) is 1. The van der Waals surface area contributed by atoms with Crippen LogP contribution in [0.15, 0.2) is 28.7 Å². The first-order valence-electron chi connectivity index (χ1n) is 5.50. The monoisotopic (exact) mass is 394 g/mol. The third-order valence-corrected chi connectivity index (χ3v) is 4.36. The molecule has 0 unspecified atom stereocenters. The highest BCUT2D eigenvalue weighted by atomic mass is 79.9. The number of nitrogen functional groups attached to an aromatic ring is 1. The van der Waals surface area contributed by atoms with E-state index in [2.05, 4.69) is 21.2 Å². The molecule has 2 aromatic rings. The summed E-state index contributed by atoms with van der Waals surface area (Å²) >= 11 is 15.0. The molecule has 0 aliphatic carbocycles. The lowest BCUT2D eigenvalue weighted by atomic mass is 10.1. The minimum Gasteiger partial charge on any atom is -0.396 e. The van der Waals surface area contributed by atoms with Crippen LogP contribution < -0.4 is 11.1 Å². The molecule has 0 aliphatic rings. The van der Waals surface area contributed by atoms with Crippen molar-refractivity contribution in [3.05, 3.63) is 56.0 Å². The van der Waals surface area contributed by atoms with Crippen LogP contribution in [-0.4, -0.2) is 5.91 Å². The zero-order valence-electron chi connectivity index (χ0n) is 10.2. The molecule has 0 saturated heterocycles. The van der Waals surface area contributed by atoms with Crippen molar-refractivity contribution in [2.45, 2.75) is 0 Å². The van der Waals surface area contributed by atoms with Gasteiger partial charge in [-0.2, -0.15) is 0 Å². The van der Waals surface area contributed by atoms with Gasteiger partial charge in [-0.15, -0.1) is 0 Å². The van der Waals surface area contributed by atoms with Crippen molar-refractivity contribution in [1.82, 2.24) is 0 Å². The Balaban J connectivity index is 2.37. The molecule has 0 saturated carbocycles. The van der Waals surface area contributed by atoms with Crippen LogP contribution in [0.2, 0.25) is 10.0 Å². The Kier molecular flexibility index (Phi) is 4.70. The lowest BCUT2D eigenvalue weighted by molar-refractivity contribution is 0.102. The van der Waals surface area contributed by atoms with Crippen LogP contribution in [0.4, 0.5) is 20.2 Å². The first-order chi connectivity index (χ1) is 9.81. The molecule has 0 fully saturated rings. The third kappa shape index (κ3) is 3.28. The van der Waals surface area contributed by atoms with Gasteiger partial charge in [-0.05, 0) is 40.2 Å². The molecule has 0 bridgehead atoms. The van der Waals surface area contributed by atoms with Crippen molar-refractivity contribution in [3.63, 3.8) is 0 Å². The SMILES string of the molecule is Nc1cc(F)cc(C(=O)Nc2ccc(Br)c(Cl)c2Cl)c1F. The highest BCUT2D eigenvalue weighted by Crippen LogP contribution is 2.36. The van der Waals surface area contributed by atoms with Gasteiger partial charge in [0.2, 0.25) is 0 Å². The predicted octanol–water partition coefficient (Wildman–Crippen LogP) is 4.87. The van der Waals surface area contributed by atoms with Gasteiger partial charge >= 0.3 is 0 Å². The van der Waals surface area contributed by atoms with Crippen LogP contribution in [0, 0.1) is 11.6 Å². The summed E-state index contributed by atoms with van der Waals surface area (Å²) in [6.07, 6.45) is 0. The van der Waals surface area contributed by atoms with Crippen molar-refractivity contribution in [2.24, 2.45) is 0 Å². The van der Waals surface area contributed by atoms with Gasteiger partial charge in [-0.1, -0.05) is 23.2 Å². The van der Waals surface area contributed by atoms with E-state index in [9.17, 15) is 13.6 Å². The molecule has 0 aromatic heterocycles. The standard InChI is InChI=1S/C13H7BrCl2F2N2O/c14-7-1-2-9(11(16)10(7)15)20-13(21)6-3-5(17)4-8(19)12(6)18/h1-4H,19H2,(H,20,21). The molecular formula is C13H7BrCl2F2N2O. The van der Waals surface area contributed by atoms with E-state index in [0.29, 0.717) is 4.47 Å². The lowest BCUT2D eigenvalue weighted by Gasteiger charge is -2.10. The maximum absolute atomic E-state index is 13.8. The Bertz CT molecular complexity index is 741. The second kappa shape index (κ2) is 6.17. The number of carbonyl (C=O) groups is 1. The molecule has 8 heteroatoms. The quantitative estimate of drug-likeness (QED) is 0.563. The summed E-state index contributed by atoms with van der Waals surface area (Å²) in [5.41, 5.74) is 4.46. The van der Waals surface area contributed by atoms with Crippen LogP contribution in [0.25, 0.3) is 0 Å². The van der Waals surface area contributed by atoms with E-state index in [0.717, 1.165) is 12.1 Å². The Hall–Kier alpha value is -1.37. The number of carbonyl (C=O) groups excluding carboxylic acids is 1. The maximum atomic E-state index is 13.8. The summed E-state index contributed by atoms with van der Waals surface area (Å²) in [5.74, 6) is -2.72. The number of hydrogen-bond acceptors (Lipinski definition) is 2. The molecule has 0 aliphatic heterocycles. The van der Waals surface area contributed by atoms with Gasteiger partial charge in [0.15, 0.2) is 5.82 Å². The van der Waals surface area contributed by atoms with Gasteiger partial charge in [-0.25, -0.2) is 8.78 Å². The summed E-state index contributed by atoms with van der Waals surface area (Å²) < 4.78 is 27.5. The topological polar surface area (TPSA) is 55.1 Å². The van der Waals surface area contributed by atoms with Crippen LogP contribution >= 0.6 is 39.1 Å². The van der Waals surface area contributed by atoms with E-state index < -0.39 is 28.8 Å². The summed E-state index contributed by atoms with van der Waals surface area (Å²) in [6, 6.07) is 4.56. The highest BCUT2D eigenvalue weighted by Gasteiger charge is 2.18. The maximum Gasteiger partial charge on any atom is 0.258 e. The minimum atomic E-state index is -1.01. The first-order valence-corrected chi connectivity index (χ1v) is 7.05. The molecule has 1 amide bonds. The second-order valence-corrected chi connectivity index (χ2v) is 5.64. The van der Waals surface area contributed by atoms with Crippen molar-refractivity contribution < 1.29 is 13.6 Å². The van der Waals surface area contributed by atoms with Crippen LogP contribution in [0.1, 0.15) is 10.4 Å². The number of amides is 1. The Morgan fingerprint density at radius 2 is 1.86 bits per heavy atom. The zero-order valence-corrected chi connectivity index (χ0v) is 13.3. The summed E-state index contributed by atoms with van der Waals surface area (Å²) in [5, 5.41) is 2.61. The molecule has 0 atom stereocenters. The van der Waals surface area contributed by atoms with Crippen molar-refractivity contribution in [3.8, 4) is 0 Å². The highest BCUT2D eigenvalue weighted by molar-refractivity contribution is 9.10. The molecular weight excluding hydrogens is 389 g/mol. The largest absolute Gasteiger partial charge is 0.396 e. The first kappa shape index (κ1) is 16.0. The summed E-state index contributed by atoms with van der Waals surface area (Å²) in [4.78, 5) is 12.0. The molecule has 110 valence electrons. The number of benzene rings is 2. The van der Waals surface area contributed by atoms with E-state index in [-0.39, 0.29) is 15.7 Å². The van der Waals surface area contributed by atoms with Gasteiger partial charge < -0.3 is 11.1 Å². The molecule has 0 spiro atoms. The van der Waals surface area contributed by atoms with Gasteiger partial charge in [0.05, 0.1) is 27.0 Å². The van der Waals surface area contributed by atoms with Gasteiger partial charge in [0.25, 0.3) is 5.91 Å². The smallest absolute Gasteiger partial charge is 0.258 e. The van der Waals surface area contributed by atoms with E-state index in [1.54, 1.807) is 6.07 Å². The number of anilines is 2. The van der Waals surface area contributed by atoms with E-state index in [1.807, 2.05) is 0 Å². The van der Waals surface area contributed by atoms with Crippen LogP contribution in [0.5, 0.6) is 0 Å². The van der Waals surface area contributed by atoms with Gasteiger partial charge in [0.1, 0.15) is 5.82 Å². The van der Waals surface area contributed by atoms with Crippen LogP contribution in [0.3, 0.4) is 0 Å². The number of rotatable bonds is 2. The average Bonchev–Trinajstić information content (AvgIpc) is 2.43. The Labute approximate surface area is 137 Å². The molecule has 2 aromatic carbocycles. The number of halogens is 5. The Morgan fingerprint density at radius 3 is 2.52 bits per heavy atom. The zero-order chi connectivity index (χ0) is 15.7. The fourth-order valence-corrected chi connectivity index (χ4v) is 2.41. The van der Waals surface area contributed by atoms with Crippen LogP contribution in [-0.2, 0) is 0 Å². The molecule has 3 N–H and O–H groups in total. The summed E-state index contributed by atoms with van der Waals surface area (Å²) in [7, 11) is 0. The van der Waals surface area contributed by atoms with E-state index >= 15 is 0 Å².